The van der Waals surface area contributed by atoms with Gasteiger partial charge in [0.25, 0.3) is 15.9 Å². The first-order valence-corrected chi connectivity index (χ1v) is 11.3. The number of ether oxygens (including phenoxy) is 2. The molecule has 0 saturated carbocycles. The van der Waals surface area contributed by atoms with Crippen LogP contribution in [0.15, 0.2) is 77.7 Å². The maximum Gasteiger partial charge on any atom is 0.265 e. The van der Waals surface area contributed by atoms with Crippen LogP contribution in [-0.4, -0.2) is 27.5 Å². The van der Waals surface area contributed by atoms with Crippen molar-refractivity contribution in [1.82, 2.24) is 0 Å². The number of methoxy groups -OCH3 is 1. The lowest BCUT2D eigenvalue weighted by Gasteiger charge is -2.18. The lowest BCUT2D eigenvalue weighted by atomic mass is 10.2. The number of sulfonamides is 1. The minimum atomic E-state index is -3.86. The summed E-state index contributed by atoms with van der Waals surface area (Å²) in [7, 11) is -2.32. The second-order valence-electron chi connectivity index (χ2n) is 6.82. The van der Waals surface area contributed by atoms with Crippen molar-refractivity contribution in [3.8, 4) is 11.5 Å². The van der Waals surface area contributed by atoms with E-state index in [-0.39, 0.29) is 16.5 Å². The van der Waals surface area contributed by atoms with Gasteiger partial charge in [0.1, 0.15) is 17.3 Å². The van der Waals surface area contributed by atoms with Gasteiger partial charge in [-0.05, 0) is 67.1 Å². The van der Waals surface area contributed by atoms with E-state index in [1.807, 2.05) is 6.92 Å². The van der Waals surface area contributed by atoms with E-state index in [0.29, 0.717) is 23.6 Å². The summed E-state index contributed by atoms with van der Waals surface area (Å²) < 4.78 is 51.3. The molecule has 0 aliphatic rings. The van der Waals surface area contributed by atoms with Crippen molar-refractivity contribution >= 4 is 27.3 Å². The normalized spacial score (nSPS) is 12.0. The Bertz CT molecular complexity index is 1170. The summed E-state index contributed by atoms with van der Waals surface area (Å²) in [4.78, 5) is 12.6. The SMILES string of the molecule is CC[C@H](Oc1cccc(OC)c1)C(=O)Nc1ccc(S(=O)(=O)Nc2ccc(F)cc2)cc1. The fourth-order valence-electron chi connectivity index (χ4n) is 2.83. The summed E-state index contributed by atoms with van der Waals surface area (Å²) in [5.41, 5.74) is 0.660. The monoisotopic (exact) mass is 458 g/mol. The van der Waals surface area contributed by atoms with Gasteiger partial charge in [-0.2, -0.15) is 0 Å². The highest BCUT2D eigenvalue weighted by Crippen LogP contribution is 2.22. The lowest BCUT2D eigenvalue weighted by Crippen LogP contribution is -2.32. The summed E-state index contributed by atoms with van der Waals surface area (Å²) >= 11 is 0. The molecule has 0 saturated heterocycles. The van der Waals surface area contributed by atoms with Gasteiger partial charge in [-0.15, -0.1) is 0 Å². The Hall–Kier alpha value is -3.59. The van der Waals surface area contributed by atoms with E-state index < -0.39 is 21.9 Å². The summed E-state index contributed by atoms with van der Waals surface area (Å²) in [6.07, 6.45) is -0.317. The zero-order chi connectivity index (χ0) is 23.1. The molecule has 1 atom stereocenters. The Morgan fingerprint density at radius 2 is 1.59 bits per heavy atom. The number of halogens is 1. The molecular formula is C23H23FN2O5S. The third-order valence-electron chi connectivity index (χ3n) is 4.51. The molecular weight excluding hydrogens is 435 g/mol. The van der Waals surface area contributed by atoms with Crippen LogP contribution in [0.1, 0.15) is 13.3 Å². The van der Waals surface area contributed by atoms with Crippen LogP contribution in [-0.2, 0) is 14.8 Å². The second-order valence-corrected chi connectivity index (χ2v) is 8.50. The highest BCUT2D eigenvalue weighted by molar-refractivity contribution is 7.92. The van der Waals surface area contributed by atoms with Gasteiger partial charge in [0.15, 0.2) is 6.10 Å². The molecule has 3 aromatic rings. The van der Waals surface area contributed by atoms with Crippen molar-refractivity contribution in [2.75, 3.05) is 17.1 Å². The van der Waals surface area contributed by atoms with Crippen LogP contribution in [0, 0.1) is 5.82 Å². The Balaban J connectivity index is 1.65. The molecule has 0 spiro atoms. The van der Waals surface area contributed by atoms with Gasteiger partial charge >= 0.3 is 0 Å². The number of hydrogen-bond donors (Lipinski definition) is 2. The first-order valence-electron chi connectivity index (χ1n) is 9.81. The summed E-state index contributed by atoms with van der Waals surface area (Å²) in [6.45, 7) is 1.82. The molecule has 0 radical (unpaired) electrons. The van der Waals surface area contributed by atoms with E-state index in [2.05, 4.69) is 10.0 Å². The largest absolute Gasteiger partial charge is 0.497 e. The van der Waals surface area contributed by atoms with Crippen LogP contribution in [0.4, 0.5) is 15.8 Å². The van der Waals surface area contributed by atoms with Gasteiger partial charge in [-0.25, -0.2) is 12.8 Å². The first kappa shape index (κ1) is 23.1. The summed E-state index contributed by atoms with van der Waals surface area (Å²) in [6, 6.07) is 17.6. The van der Waals surface area contributed by atoms with E-state index in [9.17, 15) is 17.6 Å². The molecule has 168 valence electrons. The molecule has 2 N–H and O–H groups in total. The standard InChI is InChI=1S/C23H23FN2O5S/c1-3-22(31-20-6-4-5-19(15-20)30-2)23(27)25-17-11-13-21(14-12-17)32(28,29)26-18-9-7-16(24)8-10-18/h4-15,22,26H,3H2,1-2H3,(H,25,27)/t22-/m0/s1. The van der Waals surface area contributed by atoms with E-state index in [4.69, 9.17) is 9.47 Å². The van der Waals surface area contributed by atoms with Gasteiger partial charge in [0.2, 0.25) is 0 Å². The zero-order valence-corrected chi connectivity index (χ0v) is 18.4. The molecule has 0 fully saturated rings. The number of carbonyl (C=O) groups excluding carboxylic acids is 1. The molecule has 0 heterocycles. The third kappa shape index (κ3) is 5.98. The number of hydrogen-bond acceptors (Lipinski definition) is 5. The fraction of sp³-hybridized carbons (Fsp3) is 0.174. The van der Waals surface area contributed by atoms with E-state index >= 15 is 0 Å². The maximum absolute atomic E-state index is 13.0. The van der Waals surface area contributed by atoms with Gasteiger partial charge in [0, 0.05) is 17.4 Å². The molecule has 32 heavy (non-hydrogen) atoms. The predicted octanol–water partition coefficient (Wildman–Crippen LogP) is 4.43. The molecule has 9 heteroatoms. The van der Waals surface area contributed by atoms with E-state index in [1.165, 1.54) is 36.4 Å². The number of rotatable bonds is 9. The number of benzene rings is 3. The highest BCUT2D eigenvalue weighted by Gasteiger charge is 2.20. The average Bonchev–Trinajstić information content (AvgIpc) is 2.79. The lowest BCUT2D eigenvalue weighted by molar-refractivity contribution is -0.122. The number of carbonyl (C=O) groups is 1. The van der Waals surface area contributed by atoms with Gasteiger partial charge in [-0.3, -0.25) is 9.52 Å². The Morgan fingerprint density at radius 1 is 0.969 bits per heavy atom. The van der Waals surface area contributed by atoms with Crippen LogP contribution >= 0.6 is 0 Å². The smallest absolute Gasteiger partial charge is 0.265 e. The minimum absolute atomic E-state index is 0.000467. The Labute approximate surface area is 186 Å². The molecule has 1 amide bonds. The van der Waals surface area contributed by atoms with Crippen LogP contribution in [0.5, 0.6) is 11.5 Å². The van der Waals surface area contributed by atoms with Crippen molar-refractivity contribution in [3.63, 3.8) is 0 Å². The minimum Gasteiger partial charge on any atom is -0.497 e. The van der Waals surface area contributed by atoms with Crippen LogP contribution < -0.4 is 19.5 Å². The van der Waals surface area contributed by atoms with E-state index in [0.717, 1.165) is 12.1 Å². The van der Waals surface area contributed by atoms with Crippen LogP contribution in [0.2, 0.25) is 0 Å². The maximum atomic E-state index is 13.0. The number of nitrogens with one attached hydrogen (secondary N) is 2. The molecule has 3 rings (SSSR count). The van der Waals surface area contributed by atoms with Gasteiger partial charge in [-0.1, -0.05) is 13.0 Å². The third-order valence-corrected chi connectivity index (χ3v) is 5.91. The summed E-state index contributed by atoms with van der Waals surface area (Å²) in [5.74, 6) is 0.285. The molecule has 3 aromatic carbocycles. The fourth-order valence-corrected chi connectivity index (χ4v) is 3.89. The molecule has 0 aromatic heterocycles. The molecule has 0 bridgehead atoms. The predicted molar refractivity (Wildman–Crippen MR) is 120 cm³/mol. The highest BCUT2D eigenvalue weighted by atomic mass is 32.2. The topological polar surface area (TPSA) is 93.7 Å². The van der Waals surface area contributed by atoms with E-state index in [1.54, 1.807) is 31.4 Å². The molecule has 7 nitrogen and oxygen atoms in total. The number of anilines is 2. The van der Waals surface area contributed by atoms with Crippen molar-refractivity contribution < 1.29 is 27.1 Å². The Morgan fingerprint density at radius 3 is 2.22 bits per heavy atom. The molecule has 0 aliphatic carbocycles. The van der Waals surface area contributed by atoms with Gasteiger partial charge in [0.05, 0.1) is 12.0 Å². The van der Waals surface area contributed by atoms with Crippen LogP contribution in [0.25, 0.3) is 0 Å². The van der Waals surface area contributed by atoms with Gasteiger partial charge < -0.3 is 14.8 Å². The van der Waals surface area contributed by atoms with Crippen molar-refractivity contribution in [1.29, 1.82) is 0 Å². The van der Waals surface area contributed by atoms with Crippen LogP contribution in [0.3, 0.4) is 0 Å². The average molecular weight is 459 g/mol. The second kappa shape index (κ2) is 10.1. The molecule has 0 aliphatic heterocycles. The Kier molecular flexibility index (Phi) is 7.32. The summed E-state index contributed by atoms with van der Waals surface area (Å²) in [5, 5.41) is 2.72. The number of amides is 1. The molecule has 0 unspecified atom stereocenters. The van der Waals surface area contributed by atoms with Crippen molar-refractivity contribution in [3.05, 3.63) is 78.6 Å². The quantitative estimate of drug-likeness (QED) is 0.495. The zero-order valence-electron chi connectivity index (χ0n) is 17.5. The first-order chi connectivity index (χ1) is 15.3. The van der Waals surface area contributed by atoms with Crippen molar-refractivity contribution in [2.24, 2.45) is 0 Å². The van der Waals surface area contributed by atoms with Crippen molar-refractivity contribution in [2.45, 2.75) is 24.3 Å².